The van der Waals surface area contributed by atoms with Crippen LogP contribution in [0.15, 0.2) is 41.6 Å². The Kier molecular flexibility index (Phi) is 8.58. The zero-order valence-electron chi connectivity index (χ0n) is 18.1. The van der Waals surface area contributed by atoms with Crippen molar-refractivity contribution in [3.05, 3.63) is 68.4 Å². The predicted molar refractivity (Wildman–Crippen MR) is 129 cm³/mol. The second kappa shape index (κ2) is 11.1. The van der Waals surface area contributed by atoms with Crippen LogP contribution in [0.25, 0.3) is 0 Å². The summed E-state index contributed by atoms with van der Waals surface area (Å²) in [5, 5.41) is 14.1. The molecule has 3 aromatic rings. The van der Waals surface area contributed by atoms with E-state index in [0.29, 0.717) is 16.0 Å². The number of nitrogens with one attached hydrogen (secondary N) is 2. The van der Waals surface area contributed by atoms with Crippen LogP contribution in [0.4, 0.5) is 18.9 Å². The number of hydrogen-bond acceptors (Lipinski definition) is 5. The quantitative estimate of drug-likeness (QED) is 0.342. The van der Waals surface area contributed by atoms with Crippen LogP contribution in [0.3, 0.4) is 0 Å². The Morgan fingerprint density at radius 3 is 2.46 bits per heavy atom. The molecule has 0 aliphatic heterocycles. The standard InChI is InChI=1S/C21H17Cl3F3N5O2S/c1-10(28-19(34)13-5-4-12(22)8-15(13)24)18-30-31-20(32(18)2)35-9-17(33)29-16-7-11(21(25,26)27)3-6-14(16)23/h3-8,10H,9H2,1-2H3,(H,28,34)(H,29,33)/t10-/m0/s1. The molecule has 1 heterocycles. The van der Waals surface area contributed by atoms with Crippen molar-refractivity contribution >= 4 is 64.1 Å². The summed E-state index contributed by atoms with van der Waals surface area (Å²) in [6.45, 7) is 1.70. The third kappa shape index (κ3) is 6.81. The molecule has 0 bridgehead atoms. The molecule has 1 atom stereocenters. The van der Waals surface area contributed by atoms with Gasteiger partial charge in [-0.2, -0.15) is 13.2 Å². The largest absolute Gasteiger partial charge is 0.416 e. The van der Waals surface area contributed by atoms with E-state index in [2.05, 4.69) is 20.8 Å². The Morgan fingerprint density at radius 1 is 1.09 bits per heavy atom. The Balaban J connectivity index is 1.62. The highest BCUT2D eigenvalue weighted by atomic mass is 35.5. The molecule has 3 rings (SSSR count). The smallest absolute Gasteiger partial charge is 0.342 e. The second-order valence-electron chi connectivity index (χ2n) is 7.25. The van der Waals surface area contributed by atoms with Crippen molar-refractivity contribution < 1.29 is 22.8 Å². The number of amides is 2. The molecule has 7 nitrogen and oxygen atoms in total. The van der Waals surface area contributed by atoms with Crippen molar-refractivity contribution in [2.24, 2.45) is 7.05 Å². The van der Waals surface area contributed by atoms with E-state index in [1.54, 1.807) is 24.6 Å². The van der Waals surface area contributed by atoms with Crippen LogP contribution >= 0.6 is 46.6 Å². The average Bonchev–Trinajstić information content (AvgIpc) is 3.13. The van der Waals surface area contributed by atoms with Crippen molar-refractivity contribution in [2.45, 2.75) is 24.3 Å². The van der Waals surface area contributed by atoms with E-state index in [-0.39, 0.29) is 27.0 Å². The first kappa shape index (κ1) is 27.1. The summed E-state index contributed by atoms with van der Waals surface area (Å²) in [5.74, 6) is -0.778. The molecule has 0 fully saturated rings. The number of carbonyl (C=O) groups excluding carboxylic acids is 2. The fraction of sp³-hybridized carbons (Fsp3) is 0.238. The van der Waals surface area contributed by atoms with Gasteiger partial charge < -0.3 is 15.2 Å². The van der Waals surface area contributed by atoms with Gasteiger partial charge in [0.2, 0.25) is 5.91 Å². The Morgan fingerprint density at radius 2 is 1.80 bits per heavy atom. The number of nitrogens with zero attached hydrogens (tertiary/aromatic N) is 3. The summed E-state index contributed by atoms with van der Waals surface area (Å²) in [4.78, 5) is 24.8. The van der Waals surface area contributed by atoms with Crippen LogP contribution in [0, 0.1) is 0 Å². The van der Waals surface area contributed by atoms with Crippen molar-refractivity contribution in [2.75, 3.05) is 11.1 Å². The highest BCUT2D eigenvalue weighted by Crippen LogP contribution is 2.34. The van der Waals surface area contributed by atoms with E-state index in [1.165, 1.54) is 12.1 Å². The molecular formula is C21H17Cl3F3N5O2S. The summed E-state index contributed by atoms with van der Waals surface area (Å²) >= 11 is 18.9. The van der Waals surface area contributed by atoms with Crippen molar-refractivity contribution in [1.82, 2.24) is 20.1 Å². The third-order valence-corrected chi connectivity index (χ3v) is 6.58. The zero-order valence-corrected chi connectivity index (χ0v) is 21.2. The Hall–Kier alpha value is -2.47. The molecule has 0 saturated carbocycles. The van der Waals surface area contributed by atoms with Crippen LogP contribution in [0.2, 0.25) is 15.1 Å². The van der Waals surface area contributed by atoms with Gasteiger partial charge in [-0.1, -0.05) is 46.6 Å². The minimum Gasteiger partial charge on any atom is -0.342 e. The molecule has 2 amide bonds. The van der Waals surface area contributed by atoms with Crippen LogP contribution < -0.4 is 10.6 Å². The SMILES string of the molecule is C[C@H](NC(=O)c1ccc(Cl)cc1Cl)c1nnc(SCC(=O)Nc2cc(C(F)(F)F)ccc2Cl)n1C. The zero-order chi connectivity index (χ0) is 25.9. The lowest BCUT2D eigenvalue weighted by atomic mass is 10.2. The van der Waals surface area contributed by atoms with Crippen LogP contribution in [-0.4, -0.2) is 32.3 Å². The molecule has 1 aromatic heterocycles. The molecule has 14 heteroatoms. The summed E-state index contributed by atoms with van der Waals surface area (Å²) < 4.78 is 40.3. The van der Waals surface area contributed by atoms with Crippen LogP contribution in [0.5, 0.6) is 0 Å². The lowest BCUT2D eigenvalue weighted by Crippen LogP contribution is -2.28. The predicted octanol–water partition coefficient (Wildman–Crippen LogP) is 6.02. The first-order chi connectivity index (χ1) is 16.4. The topological polar surface area (TPSA) is 88.9 Å². The maximum Gasteiger partial charge on any atom is 0.416 e. The summed E-state index contributed by atoms with van der Waals surface area (Å²) in [7, 11) is 1.65. The molecule has 0 unspecified atom stereocenters. The number of rotatable bonds is 7. The number of carbonyl (C=O) groups is 2. The van der Waals surface area contributed by atoms with Gasteiger partial charge in [0.15, 0.2) is 11.0 Å². The van der Waals surface area contributed by atoms with Crippen LogP contribution in [0.1, 0.15) is 34.7 Å². The molecular weight excluding hydrogens is 550 g/mol. The number of aromatic nitrogens is 3. The van der Waals surface area contributed by atoms with Crippen molar-refractivity contribution in [1.29, 1.82) is 0 Å². The lowest BCUT2D eigenvalue weighted by Gasteiger charge is -2.14. The van der Waals surface area contributed by atoms with Gasteiger partial charge in [0.05, 0.1) is 38.7 Å². The molecule has 0 aliphatic carbocycles. The van der Waals surface area contributed by atoms with Gasteiger partial charge >= 0.3 is 6.18 Å². The first-order valence-electron chi connectivity index (χ1n) is 9.81. The summed E-state index contributed by atoms with van der Waals surface area (Å²) in [6.07, 6.45) is -4.57. The van der Waals surface area contributed by atoms with Gasteiger partial charge in [0.25, 0.3) is 5.91 Å². The molecule has 0 aliphatic rings. The summed E-state index contributed by atoms with van der Waals surface area (Å²) in [6, 6.07) is 6.60. The number of hydrogen-bond donors (Lipinski definition) is 2. The molecule has 0 radical (unpaired) electrons. The van der Waals surface area contributed by atoms with Crippen molar-refractivity contribution in [3.8, 4) is 0 Å². The lowest BCUT2D eigenvalue weighted by molar-refractivity contribution is -0.137. The van der Waals surface area contributed by atoms with Gasteiger partial charge in [-0.25, -0.2) is 0 Å². The summed E-state index contributed by atoms with van der Waals surface area (Å²) in [5.41, 5.74) is -0.841. The van der Waals surface area contributed by atoms with E-state index in [1.807, 2.05) is 0 Å². The monoisotopic (exact) mass is 565 g/mol. The maximum absolute atomic E-state index is 12.9. The molecule has 0 spiro atoms. The molecule has 186 valence electrons. The first-order valence-corrected chi connectivity index (χ1v) is 11.9. The molecule has 2 aromatic carbocycles. The molecule has 2 N–H and O–H groups in total. The van der Waals surface area contributed by atoms with Gasteiger partial charge in [-0.3, -0.25) is 9.59 Å². The second-order valence-corrected chi connectivity index (χ2v) is 9.44. The van der Waals surface area contributed by atoms with E-state index in [4.69, 9.17) is 34.8 Å². The fourth-order valence-electron chi connectivity index (χ4n) is 2.96. The highest BCUT2D eigenvalue weighted by Gasteiger charge is 2.31. The number of benzene rings is 2. The minimum absolute atomic E-state index is 0.0253. The maximum atomic E-state index is 12.9. The third-order valence-electron chi connectivity index (χ3n) is 4.68. The number of thioether (sulfide) groups is 1. The highest BCUT2D eigenvalue weighted by molar-refractivity contribution is 7.99. The number of anilines is 1. The molecule has 0 saturated heterocycles. The van der Waals surface area contributed by atoms with E-state index in [0.717, 1.165) is 30.0 Å². The number of alkyl halides is 3. The Bertz CT molecular complexity index is 1270. The fourth-order valence-corrected chi connectivity index (χ4v) is 4.33. The minimum atomic E-state index is -4.57. The normalized spacial score (nSPS) is 12.3. The number of halogens is 6. The van der Waals surface area contributed by atoms with E-state index in [9.17, 15) is 22.8 Å². The van der Waals surface area contributed by atoms with Gasteiger partial charge in [0.1, 0.15) is 0 Å². The average molecular weight is 567 g/mol. The van der Waals surface area contributed by atoms with Crippen LogP contribution in [-0.2, 0) is 18.0 Å². The molecule has 35 heavy (non-hydrogen) atoms. The van der Waals surface area contributed by atoms with Gasteiger partial charge in [-0.15, -0.1) is 10.2 Å². The van der Waals surface area contributed by atoms with E-state index < -0.39 is 29.6 Å². The van der Waals surface area contributed by atoms with E-state index >= 15 is 0 Å². The van der Waals surface area contributed by atoms with Crippen molar-refractivity contribution in [3.63, 3.8) is 0 Å². The Labute approximate surface area is 217 Å². The van der Waals surface area contributed by atoms with Gasteiger partial charge in [0, 0.05) is 12.1 Å². The van der Waals surface area contributed by atoms with Gasteiger partial charge in [-0.05, 0) is 43.3 Å².